The van der Waals surface area contributed by atoms with Gasteiger partial charge in [-0.25, -0.2) is 4.99 Å². The Bertz CT molecular complexity index is 785. The van der Waals surface area contributed by atoms with Gasteiger partial charge in [0, 0.05) is 6.42 Å². The van der Waals surface area contributed by atoms with Gasteiger partial charge >= 0.3 is 0 Å². The van der Waals surface area contributed by atoms with E-state index in [1.54, 1.807) is 0 Å². The molecule has 0 bridgehead atoms. The van der Waals surface area contributed by atoms with Crippen molar-refractivity contribution in [3.63, 3.8) is 0 Å². The van der Waals surface area contributed by atoms with Crippen molar-refractivity contribution in [1.29, 1.82) is 0 Å². The van der Waals surface area contributed by atoms with Gasteiger partial charge in [-0.15, -0.1) is 0 Å². The van der Waals surface area contributed by atoms with E-state index in [4.69, 9.17) is 21.0 Å². The Hall–Kier alpha value is -2.28. The Kier molecular flexibility index (Phi) is 6.52. The van der Waals surface area contributed by atoms with Crippen molar-refractivity contribution in [2.45, 2.75) is 78.3 Å². The minimum absolute atomic E-state index is 0.00618. The number of ether oxygens (including phenoxy) is 1. The number of guanidine groups is 2. The van der Waals surface area contributed by atoms with Gasteiger partial charge in [0.15, 0.2) is 5.66 Å². The molecule has 0 aliphatic carbocycles. The number of rotatable bonds is 6. The number of hydrogen-bond acceptors (Lipinski definition) is 7. The summed E-state index contributed by atoms with van der Waals surface area (Å²) >= 11 is 0. The topological polar surface area (TPSA) is 98.5 Å². The van der Waals surface area contributed by atoms with Gasteiger partial charge in [-0.1, -0.05) is 53.7 Å². The highest BCUT2D eigenvalue weighted by Crippen LogP contribution is 2.35. The van der Waals surface area contributed by atoms with Crippen LogP contribution < -0.4 is 16.2 Å². The third-order valence-electron chi connectivity index (χ3n) is 4.74. The van der Waals surface area contributed by atoms with E-state index in [0.717, 1.165) is 5.75 Å². The molecular formula is C22H37N5O2. The summed E-state index contributed by atoms with van der Waals surface area (Å²) in [4.78, 5) is 14.0. The molecule has 1 heterocycles. The molecule has 4 N–H and O–H groups in total. The first kappa shape index (κ1) is 23.0. The third kappa shape index (κ3) is 5.85. The molecule has 2 rings (SSSR count). The van der Waals surface area contributed by atoms with Crippen LogP contribution in [-0.2, 0) is 15.7 Å². The van der Waals surface area contributed by atoms with Gasteiger partial charge in [0.05, 0.1) is 13.2 Å². The molecule has 0 amide bonds. The number of hydroxylamine groups is 2. The minimum atomic E-state index is -0.695. The van der Waals surface area contributed by atoms with E-state index in [1.165, 1.54) is 16.2 Å². The van der Waals surface area contributed by atoms with Gasteiger partial charge in [0.1, 0.15) is 5.75 Å². The fraction of sp³-hybridized carbons (Fsp3) is 0.636. The van der Waals surface area contributed by atoms with Gasteiger partial charge in [-0.2, -0.15) is 10.1 Å². The molecule has 162 valence electrons. The molecule has 0 saturated heterocycles. The molecule has 0 radical (unpaired) electrons. The summed E-state index contributed by atoms with van der Waals surface area (Å²) in [5.41, 5.74) is 13.5. The zero-order valence-electron chi connectivity index (χ0n) is 19.2. The first-order chi connectivity index (χ1) is 13.2. The average Bonchev–Trinajstić information content (AvgIpc) is 2.54. The Morgan fingerprint density at radius 2 is 1.66 bits per heavy atom. The summed E-state index contributed by atoms with van der Waals surface area (Å²) in [7, 11) is 0. The van der Waals surface area contributed by atoms with E-state index in [2.05, 4.69) is 69.7 Å². The summed E-state index contributed by atoms with van der Waals surface area (Å²) in [5.74, 6) is 1.28. The standard InChI is InChI=1S/C22H37N5O2/c1-20(2,3)15-10-11-17(16(14-15)21(4,5)6)28-12-9-13-29-27-19(24)25-18(23)26-22(27,7)8/h10-11,14H,9,12-13H2,1-8H3,(H4,23,24,25,26). The molecule has 0 atom stereocenters. The number of aliphatic imine (C=N–C) groups is 2. The van der Waals surface area contributed by atoms with Crippen LogP contribution in [0.5, 0.6) is 5.75 Å². The van der Waals surface area contributed by atoms with E-state index >= 15 is 0 Å². The molecule has 1 aliphatic rings. The van der Waals surface area contributed by atoms with Gasteiger partial charge in [0.25, 0.3) is 0 Å². The molecule has 0 fully saturated rings. The van der Waals surface area contributed by atoms with Gasteiger partial charge < -0.3 is 16.2 Å². The Balaban J connectivity index is 1.97. The zero-order chi connectivity index (χ0) is 22.0. The van der Waals surface area contributed by atoms with Crippen molar-refractivity contribution in [3.05, 3.63) is 29.3 Å². The SMILES string of the molecule is CC(C)(C)c1ccc(OCCCON2C(N)=NC(N)=NC2(C)C)c(C(C)(C)C)c1. The molecule has 0 unspecified atom stereocenters. The quantitative estimate of drug-likeness (QED) is 0.706. The zero-order valence-corrected chi connectivity index (χ0v) is 19.2. The van der Waals surface area contributed by atoms with E-state index in [1.807, 2.05) is 13.8 Å². The molecule has 1 aliphatic heterocycles. The Morgan fingerprint density at radius 1 is 1.00 bits per heavy atom. The Labute approximate surface area is 175 Å². The van der Waals surface area contributed by atoms with Crippen LogP contribution in [0.25, 0.3) is 0 Å². The molecule has 29 heavy (non-hydrogen) atoms. The van der Waals surface area contributed by atoms with E-state index in [9.17, 15) is 0 Å². The monoisotopic (exact) mass is 403 g/mol. The predicted molar refractivity (Wildman–Crippen MR) is 119 cm³/mol. The number of hydrogen-bond donors (Lipinski definition) is 2. The smallest absolute Gasteiger partial charge is 0.226 e. The number of benzene rings is 1. The number of nitrogens with zero attached hydrogens (tertiary/aromatic N) is 3. The second-order valence-electron chi connectivity index (χ2n) is 9.97. The van der Waals surface area contributed by atoms with Crippen LogP contribution in [0.1, 0.15) is 72.9 Å². The molecule has 0 spiro atoms. The maximum Gasteiger partial charge on any atom is 0.226 e. The summed E-state index contributed by atoms with van der Waals surface area (Å²) < 4.78 is 6.11. The van der Waals surface area contributed by atoms with Gasteiger partial charge in [-0.05, 0) is 41.9 Å². The summed E-state index contributed by atoms with van der Waals surface area (Å²) in [5, 5.41) is 1.49. The minimum Gasteiger partial charge on any atom is -0.493 e. The molecule has 0 saturated carbocycles. The molecule has 1 aromatic rings. The van der Waals surface area contributed by atoms with Crippen molar-refractivity contribution < 1.29 is 9.57 Å². The second-order valence-corrected chi connectivity index (χ2v) is 9.97. The van der Waals surface area contributed by atoms with Crippen molar-refractivity contribution in [2.24, 2.45) is 21.5 Å². The summed E-state index contributed by atoms with van der Waals surface area (Å²) in [6.07, 6.45) is 0.698. The molecule has 7 heteroatoms. The lowest BCUT2D eigenvalue weighted by Crippen LogP contribution is -2.53. The molecule has 7 nitrogen and oxygen atoms in total. The summed E-state index contributed by atoms with van der Waals surface area (Å²) in [6, 6.07) is 6.50. The van der Waals surface area contributed by atoms with Crippen LogP contribution in [0.2, 0.25) is 0 Å². The summed E-state index contributed by atoms with van der Waals surface area (Å²) in [6.45, 7) is 18.0. The molecule has 1 aromatic carbocycles. The van der Waals surface area contributed by atoms with Crippen LogP contribution in [0.15, 0.2) is 28.2 Å². The van der Waals surface area contributed by atoms with E-state index in [0.29, 0.717) is 19.6 Å². The second kappa shape index (κ2) is 8.22. The van der Waals surface area contributed by atoms with E-state index in [-0.39, 0.29) is 22.7 Å². The van der Waals surface area contributed by atoms with Crippen molar-refractivity contribution >= 4 is 11.9 Å². The highest BCUT2D eigenvalue weighted by atomic mass is 16.7. The molecular weight excluding hydrogens is 366 g/mol. The lowest BCUT2D eigenvalue weighted by atomic mass is 9.80. The average molecular weight is 404 g/mol. The lowest BCUT2D eigenvalue weighted by molar-refractivity contribution is -0.158. The van der Waals surface area contributed by atoms with E-state index < -0.39 is 5.66 Å². The van der Waals surface area contributed by atoms with Crippen molar-refractivity contribution in [3.8, 4) is 5.75 Å². The highest BCUT2D eigenvalue weighted by molar-refractivity contribution is 5.95. The van der Waals surface area contributed by atoms with Crippen LogP contribution in [-0.4, -0.2) is 35.9 Å². The van der Waals surface area contributed by atoms with Crippen molar-refractivity contribution in [1.82, 2.24) is 5.06 Å². The number of nitrogens with two attached hydrogens (primary N) is 2. The fourth-order valence-electron chi connectivity index (χ4n) is 3.12. The normalized spacial score (nSPS) is 17.0. The van der Waals surface area contributed by atoms with Crippen molar-refractivity contribution in [2.75, 3.05) is 13.2 Å². The third-order valence-corrected chi connectivity index (χ3v) is 4.74. The molecule has 0 aromatic heterocycles. The van der Waals surface area contributed by atoms with Crippen LogP contribution in [0, 0.1) is 0 Å². The lowest BCUT2D eigenvalue weighted by Gasteiger charge is -2.36. The first-order valence-corrected chi connectivity index (χ1v) is 10.1. The predicted octanol–water partition coefficient (Wildman–Crippen LogP) is 3.66. The van der Waals surface area contributed by atoms with Gasteiger partial charge in [-0.3, -0.25) is 4.84 Å². The largest absolute Gasteiger partial charge is 0.493 e. The van der Waals surface area contributed by atoms with Crippen LogP contribution >= 0.6 is 0 Å². The maximum absolute atomic E-state index is 6.11. The van der Waals surface area contributed by atoms with Gasteiger partial charge in [0.2, 0.25) is 11.9 Å². The highest BCUT2D eigenvalue weighted by Gasteiger charge is 2.33. The van der Waals surface area contributed by atoms with Crippen LogP contribution in [0.4, 0.5) is 0 Å². The maximum atomic E-state index is 6.11. The Morgan fingerprint density at radius 3 is 2.21 bits per heavy atom. The fourth-order valence-corrected chi connectivity index (χ4v) is 3.12. The first-order valence-electron chi connectivity index (χ1n) is 10.1. The van der Waals surface area contributed by atoms with Crippen LogP contribution in [0.3, 0.4) is 0 Å².